The lowest BCUT2D eigenvalue weighted by Crippen LogP contribution is -2.42. The lowest BCUT2D eigenvalue weighted by molar-refractivity contribution is 0.191. The van der Waals surface area contributed by atoms with Gasteiger partial charge in [-0.05, 0) is 57.4 Å². The monoisotopic (exact) mass is 208 g/mol. The third kappa shape index (κ3) is 2.54. The first-order valence-corrected chi connectivity index (χ1v) is 6.80. The van der Waals surface area contributed by atoms with E-state index in [0.717, 1.165) is 23.9 Å². The van der Waals surface area contributed by atoms with Crippen LogP contribution in [0.25, 0.3) is 0 Å². The van der Waals surface area contributed by atoms with Crippen LogP contribution in [0.4, 0.5) is 0 Å². The molecule has 3 aliphatic rings. The Morgan fingerprint density at radius 3 is 2.60 bits per heavy atom. The van der Waals surface area contributed by atoms with Crippen molar-refractivity contribution in [1.29, 1.82) is 0 Å². The average Bonchev–Trinajstić information content (AvgIpc) is 3.00. The van der Waals surface area contributed by atoms with Gasteiger partial charge >= 0.3 is 0 Å². The van der Waals surface area contributed by atoms with E-state index in [9.17, 15) is 0 Å². The molecule has 2 saturated carbocycles. The van der Waals surface area contributed by atoms with Crippen LogP contribution in [0.2, 0.25) is 0 Å². The highest BCUT2D eigenvalue weighted by Gasteiger charge is 2.36. The van der Waals surface area contributed by atoms with Gasteiger partial charge in [0.15, 0.2) is 0 Å². The van der Waals surface area contributed by atoms with Gasteiger partial charge in [0, 0.05) is 25.2 Å². The maximum atomic E-state index is 3.76. The van der Waals surface area contributed by atoms with Crippen LogP contribution in [0.3, 0.4) is 0 Å². The summed E-state index contributed by atoms with van der Waals surface area (Å²) in [6, 6.07) is 1.62. The van der Waals surface area contributed by atoms with E-state index < -0.39 is 0 Å². The van der Waals surface area contributed by atoms with Gasteiger partial charge in [-0.3, -0.25) is 4.90 Å². The molecule has 2 aliphatic carbocycles. The summed E-state index contributed by atoms with van der Waals surface area (Å²) in [7, 11) is 0. The molecule has 2 unspecified atom stereocenters. The van der Waals surface area contributed by atoms with Crippen LogP contribution in [0, 0.1) is 11.8 Å². The van der Waals surface area contributed by atoms with E-state index >= 15 is 0 Å². The third-order valence-electron chi connectivity index (χ3n) is 4.40. The summed E-state index contributed by atoms with van der Waals surface area (Å²) >= 11 is 0. The topological polar surface area (TPSA) is 15.3 Å². The number of nitrogens with zero attached hydrogens (tertiary/aromatic N) is 1. The summed E-state index contributed by atoms with van der Waals surface area (Å²) in [4.78, 5) is 2.76. The fourth-order valence-electron chi connectivity index (χ4n) is 2.86. The van der Waals surface area contributed by atoms with E-state index in [0.29, 0.717) is 0 Å². The molecule has 1 saturated heterocycles. The van der Waals surface area contributed by atoms with E-state index in [1.165, 1.54) is 51.7 Å². The molecular weight excluding hydrogens is 184 g/mol. The van der Waals surface area contributed by atoms with Gasteiger partial charge in [-0.1, -0.05) is 0 Å². The van der Waals surface area contributed by atoms with Crippen molar-refractivity contribution in [3.8, 4) is 0 Å². The van der Waals surface area contributed by atoms with Crippen LogP contribution in [-0.2, 0) is 0 Å². The lowest BCUT2D eigenvalue weighted by atomic mass is 10.1. The Morgan fingerprint density at radius 1 is 1.13 bits per heavy atom. The van der Waals surface area contributed by atoms with Crippen molar-refractivity contribution in [2.24, 2.45) is 11.8 Å². The molecule has 3 rings (SSSR count). The highest BCUT2D eigenvalue weighted by Crippen LogP contribution is 2.35. The van der Waals surface area contributed by atoms with E-state index in [2.05, 4.69) is 17.1 Å². The molecule has 86 valence electrons. The molecule has 1 aliphatic heterocycles. The van der Waals surface area contributed by atoms with E-state index in [1.807, 2.05) is 0 Å². The Kier molecular flexibility index (Phi) is 2.73. The Hall–Kier alpha value is -0.0800. The van der Waals surface area contributed by atoms with Crippen molar-refractivity contribution in [2.75, 3.05) is 19.6 Å². The van der Waals surface area contributed by atoms with Crippen LogP contribution in [0.1, 0.15) is 39.0 Å². The van der Waals surface area contributed by atoms with E-state index in [1.54, 1.807) is 0 Å². The highest BCUT2D eigenvalue weighted by molar-refractivity contribution is 4.92. The predicted molar refractivity (Wildman–Crippen MR) is 62.9 cm³/mol. The Labute approximate surface area is 93.4 Å². The SMILES string of the molecule is CC1CCNC(C2CC2)CN1CC1CC1. The molecule has 2 heteroatoms. The summed E-state index contributed by atoms with van der Waals surface area (Å²) in [5, 5.41) is 3.76. The number of nitrogens with one attached hydrogen (secondary N) is 1. The minimum absolute atomic E-state index is 0.807. The van der Waals surface area contributed by atoms with Crippen molar-refractivity contribution in [1.82, 2.24) is 10.2 Å². The Bertz CT molecular complexity index is 221. The summed E-state index contributed by atoms with van der Waals surface area (Å²) < 4.78 is 0. The van der Waals surface area contributed by atoms with Crippen molar-refractivity contribution < 1.29 is 0 Å². The molecule has 0 aromatic rings. The predicted octanol–water partition coefficient (Wildman–Crippen LogP) is 1.86. The minimum atomic E-state index is 0.807. The number of rotatable bonds is 3. The van der Waals surface area contributed by atoms with Gasteiger partial charge in [0.05, 0.1) is 0 Å². The van der Waals surface area contributed by atoms with Crippen LogP contribution < -0.4 is 5.32 Å². The van der Waals surface area contributed by atoms with Crippen LogP contribution >= 0.6 is 0 Å². The molecule has 2 atom stereocenters. The average molecular weight is 208 g/mol. The molecule has 0 spiro atoms. The third-order valence-corrected chi connectivity index (χ3v) is 4.40. The molecule has 3 fully saturated rings. The van der Waals surface area contributed by atoms with Crippen LogP contribution in [0.15, 0.2) is 0 Å². The molecule has 0 aromatic carbocycles. The standard InChI is InChI=1S/C13H24N2/c1-10-6-7-14-13(12-4-5-12)9-15(10)8-11-2-3-11/h10-14H,2-9H2,1H3. The molecule has 1 N–H and O–H groups in total. The quantitative estimate of drug-likeness (QED) is 0.761. The van der Waals surface area contributed by atoms with Gasteiger partial charge < -0.3 is 5.32 Å². The zero-order chi connectivity index (χ0) is 10.3. The fourth-order valence-corrected chi connectivity index (χ4v) is 2.86. The zero-order valence-electron chi connectivity index (χ0n) is 9.91. The lowest BCUT2D eigenvalue weighted by Gasteiger charge is -2.29. The largest absolute Gasteiger partial charge is 0.312 e. The summed E-state index contributed by atoms with van der Waals surface area (Å²) in [5.74, 6) is 2.06. The van der Waals surface area contributed by atoms with Crippen molar-refractivity contribution in [3.63, 3.8) is 0 Å². The zero-order valence-corrected chi connectivity index (χ0v) is 9.91. The first-order valence-electron chi connectivity index (χ1n) is 6.80. The van der Waals surface area contributed by atoms with Gasteiger partial charge in [0.2, 0.25) is 0 Å². The summed E-state index contributed by atoms with van der Waals surface area (Å²) in [6.45, 7) is 6.36. The Balaban J connectivity index is 1.59. The normalized spacial score (nSPS) is 39.0. The second-order valence-electron chi connectivity index (χ2n) is 5.93. The van der Waals surface area contributed by atoms with Crippen LogP contribution in [0.5, 0.6) is 0 Å². The van der Waals surface area contributed by atoms with Gasteiger partial charge in [0.1, 0.15) is 0 Å². The van der Waals surface area contributed by atoms with E-state index in [4.69, 9.17) is 0 Å². The molecule has 1 heterocycles. The van der Waals surface area contributed by atoms with Crippen molar-refractivity contribution in [3.05, 3.63) is 0 Å². The summed E-state index contributed by atoms with van der Waals surface area (Å²) in [5.41, 5.74) is 0. The highest BCUT2D eigenvalue weighted by atomic mass is 15.2. The smallest absolute Gasteiger partial charge is 0.0223 e. The first-order chi connectivity index (χ1) is 7.33. The van der Waals surface area contributed by atoms with Gasteiger partial charge in [-0.2, -0.15) is 0 Å². The Morgan fingerprint density at radius 2 is 1.93 bits per heavy atom. The first kappa shape index (κ1) is 10.1. The van der Waals surface area contributed by atoms with Crippen molar-refractivity contribution in [2.45, 2.75) is 51.1 Å². The number of hydrogen-bond donors (Lipinski definition) is 1. The number of hydrogen-bond acceptors (Lipinski definition) is 2. The molecule has 0 bridgehead atoms. The maximum absolute atomic E-state index is 3.76. The van der Waals surface area contributed by atoms with Crippen molar-refractivity contribution >= 4 is 0 Å². The fraction of sp³-hybridized carbons (Fsp3) is 1.00. The second-order valence-corrected chi connectivity index (χ2v) is 5.93. The molecule has 2 nitrogen and oxygen atoms in total. The maximum Gasteiger partial charge on any atom is 0.0223 e. The van der Waals surface area contributed by atoms with Gasteiger partial charge in [0.25, 0.3) is 0 Å². The molecule has 15 heavy (non-hydrogen) atoms. The molecular formula is C13H24N2. The second kappa shape index (κ2) is 4.06. The molecule has 0 aromatic heterocycles. The summed E-state index contributed by atoms with van der Waals surface area (Å²) in [6.07, 6.45) is 7.28. The minimum Gasteiger partial charge on any atom is -0.312 e. The molecule has 0 amide bonds. The van der Waals surface area contributed by atoms with E-state index in [-0.39, 0.29) is 0 Å². The van der Waals surface area contributed by atoms with Gasteiger partial charge in [-0.15, -0.1) is 0 Å². The van der Waals surface area contributed by atoms with Gasteiger partial charge in [-0.25, -0.2) is 0 Å². The molecule has 0 radical (unpaired) electrons. The van der Waals surface area contributed by atoms with Crippen LogP contribution in [-0.4, -0.2) is 36.6 Å².